The van der Waals surface area contributed by atoms with Crippen molar-refractivity contribution in [1.29, 1.82) is 0 Å². The Hall–Kier alpha value is -1.27. The molecule has 25 heavy (non-hydrogen) atoms. The summed E-state index contributed by atoms with van der Waals surface area (Å²) >= 11 is 12.1. The lowest BCUT2D eigenvalue weighted by atomic mass is 9.92. The molecule has 1 saturated carbocycles. The summed E-state index contributed by atoms with van der Waals surface area (Å²) in [7, 11) is 0. The van der Waals surface area contributed by atoms with Gasteiger partial charge in [-0.3, -0.25) is 9.89 Å². The fourth-order valence-electron chi connectivity index (χ4n) is 3.65. The fraction of sp³-hybridized carbons (Fsp3) is 0.412. The summed E-state index contributed by atoms with van der Waals surface area (Å²) in [6.07, 6.45) is 3.15. The van der Waals surface area contributed by atoms with Gasteiger partial charge in [0.05, 0.1) is 5.69 Å². The highest BCUT2D eigenvalue weighted by atomic mass is 35.5. The van der Waals surface area contributed by atoms with Crippen LogP contribution >= 0.6 is 35.6 Å². The quantitative estimate of drug-likeness (QED) is 0.724. The summed E-state index contributed by atoms with van der Waals surface area (Å²) in [5, 5.41) is 14.5. The molecule has 4 rings (SSSR count). The monoisotopic (exact) mass is 400 g/mol. The molecule has 8 heteroatoms. The van der Waals surface area contributed by atoms with Gasteiger partial charge in [-0.05, 0) is 56.0 Å². The summed E-state index contributed by atoms with van der Waals surface area (Å²) in [6.45, 7) is 2.01. The molecule has 1 unspecified atom stereocenters. The Balaban J connectivity index is 0.00000182. The molecule has 1 aromatic heterocycles. The van der Waals surface area contributed by atoms with Crippen LogP contribution in [0, 0.1) is 11.3 Å². The highest BCUT2D eigenvalue weighted by Crippen LogP contribution is 2.58. The maximum absolute atomic E-state index is 12.5. The number of anilines is 1. The number of hydrogen-bond acceptors (Lipinski definition) is 3. The van der Waals surface area contributed by atoms with Crippen LogP contribution in [0.25, 0.3) is 11.3 Å². The topological polar surface area (TPSA) is 69.8 Å². The molecule has 1 spiro atoms. The first kappa shape index (κ1) is 18.5. The molecule has 5 nitrogen and oxygen atoms in total. The fourth-order valence-corrected chi connectivity index (χ4v) is 4.18. The van der Waals surface area contributed by atoms with Gasteiger partial charge in [-0.25, -0.2) is 0 Å². The van der Waals surface area contributed by atoms with Gasteiger partial charge in [-0.2, -0.15) is 5.10 Å². The minimum atomic E-state index is 0. The third-order valence-electron chi connectivity index (χ3n) is 5.11. The molecule has 1 saturated heterocycles. The molecular weight excluding hydrogens is 383 g/mol. The lowest BCUT2D eigenvalue weighted by Crippen LogP contribution is -2.31. The molecule has 2 aromatic rings. The van der Waals surface area contributed by atoms with Gasteiger partial charge in [0.15, 0.2) is 5.82 Å². The molecule has 0 bridgehead atoms. The van der Waals surface area contributed by atoms with Crippen molar-refractivity contribution in [3.8, 4) is 11.3 Å². The van der Waals surface area contributed by atoms with Gasteiger partial charge in [-0.15, -0.1) is 12.4 Å². The minimum Gasteiger partial charge on any atom is -0.317 e. The van der Waals surface area contributed by atoms with Gasteiger partial charge < -0.3 is 10.6 Å². The number of aromatic amines is 1. The van der Waals surface area contributed by atoms with Crippen molar-refractivity contribution in [2.24, 2.45) is 11.3 Å². The second-order valence-corrected chi connectivity index (χ2v) is 7.56. The molecule has 1 amide bonds. The van der Waals surface area contributed by atoms with Crippen LogP contribution in [-0.4, -0.2) is 29.2 Å². The molecule has 1 aliphatic heterocycles. The Morgan fingerprint density at radius 2 is 1.84 bits per heavy atom. The number of nitrogens with zero attached hydrogens (tertiary/aromatic N) is 1. The number of carbonyl (C=O) groups excluding carboxylic acids is 1. The lowest BCUT2D eigenvalue weighted by molar-refractivity contribution is -0.118. The Labute approximate surface area is 162 Å². The first-order chi connectivity index (χ1) is 11.6. The number of hydrogen-bond donors (Lipinski definition) is 3. The van der Waals surface area contributed by atoms with Crippen molar-refractivity contribution in [1.82, 2.24) is 15.5 Å². The lowest BCUT2D eigenvalue weighted by Gasteiger charge is -2.23. The van der Waals surface area contributed by atoms with Gasteiger partial charge >= 0.3 is 0 Å². The molecule has 1 atom stereocenters. The van der Waals surface area contributed by atoms with E-state index in [1.165, 1.54) is 0 Å². The van der Waals surface area contributed by atoms with Gasteiger partial charge in [-0.1, -0.05) is 23.2 Å². The van der Waals surface area contributed by atoms with E-state index in [4.69, 9.17) is 23.2 Å². The molecule has 0 radical (unpaired) electrons. The normalized spacial score (nSPS) is 20.8. The van der Waals surface area contributed by atoms with E-state index in [1.54, 1.807) is 24.3 Å². The van der Waals surface area contributed by atoms with Crippen LogP contribution in [0.5, 0.6) is 0 Å². The maximum Gasteiger partial charge on any atom is 0.229 e. The Morgan fingerprint density at radius 3 is 2.52 bits per heavy atom. The second kappa shape index (κ2) is 7.16. The van der Waals surface area contributed by atoms with Crippen LogP contribution in [0.15, 0.2) is 24.3 Å². The van der Waals surface area contributed by atoms with Crippen molar-refractivity contribution in [3.63, 3.8) is 0 Å². The molecule has 1 aromatic carbocycles. The number of rotatable bonds is 3. The van der Waals surface area contributed by atoms with Gasteiger partial charge in [0.1, 0.15) is 0 Å². The third-order valence-corrected chi connectivity index (χ3v) is 5.54. The Bertz CT molecular complexity index is 766. The zero-order chi connectivity index (χ0) is 16.7. The minimum absolute atomic E-state index is 0. The van der Waals surface area contributed by atoms with E-state index in [2.05, 4.69) is 20.8 Å². The number of nitrogens with one attached hydrogen (secondary N) is 3. The number of benzene rings is 1. The van der Waals surface area contributed by atoms with Crippen molar-refractivity contribution < 1.29 is 4.79 Å². The molecular formula is C17H19Cl3N4O. The van der Waals surface area contributed by atoms with Crippen molar-refractivity contribution >= 4 is 47.3 Å². The highest BCUT2D eigenvalue weighted by Gasteiger charge is 2.57. The second-order valence-electron chi connectivity index (χ2n) is 6.68. The summed E-state index contributed by atoms with van der Waals surface area (Å²) in [5.74, 6) is 0.710. The number of halogens is 3. The molecule has 2 heterocycles. The van der Waals surface area contributed by atoms with Gasteiger partial charge in [0, 0.05) is 27.6 Å². The standard InChI is InChI=1S/C17H18Cl2N4O.ClH/c18-11-5-10(6-12(19)7-11)14-8-15(23-22-14)21-16(24)13-9-17(13)1-3-20-4-2-17;/h5-8,13,20H,1-4,9H2,(H2,21,22,23,24);1H. The smallest absolute Gasteiger partial charge is 0.229 e. The predicted molar refractivity (Wildman–Crippen MR) is 103 cm³/mol. The number of H-pyrrole nitrogens is 1. The van der Waals surface area contributed by atoms with Gasteiger partial charge in [0.2, 0.25) is 5.91 Å². The summed E-state index contributed by atoms with van der Waals surface area (Å²) in [5.41, 5.74) is 1.82. The number of aromatic nitrogens is 2. The maximum atomic E-state index is 12.5. The Morgan fingerprint density at radius 1 is 1.16 bits per heavy atom. The first-order valence-electron chi connectivity index (χ1n) is 8.09. The van der Waals surface area contributed by atoms with E-state index < -0.39 is 0 Å². The molecule has 1 aliphatic carbocycles. The first-order valence-corrected chi connectivity index (χ1v) is 8.85. The molecule has 3 N–H and O–H groups in total. The van der Waals surface area contributed by atoms with Crippen LogP contribution in [0.3, 0.4) is 0 Å². The number of amides is 1. The van der Waals surface area contributed by atoms with E-state index in [1.807, 2.05) is 0 Å². The average molecular weight is 402 g/mol. The number of carbonyl (C=O) groups is 1. The Kier molecular flexibility index (Phi) is 5.30. The van der Waals surface area contributed by atoms with Gasteiger partial charge in [0.25, 0.3) is 0 Å². The van der Waals surface area contributed by atoms with Crippen LogP contribution in [-0.2, 0) is 4.79 Å². The SMILES string of the molecule is Cl.O=C(Nc1cc(-c2cc(Cl)cc(Cl)c2)[nH]n1)C1CC12CCNCC2. The van der Waals surface area contributed by atoms with E-state index in [-0.39, 0.29) is 29.6 Å². The third kappa shape index (κ3) is 3.80. The predicted octanol–water partition coefficient (Wildman–Crippen LogP) is 4.13. The van der Waals surface area contributed by atoms with E-state index >= 15 is 0 Å². The van der Waals surface area contributed by atoms with E-state index in [0.717, 1.165) is 43.6 Å². The summed E-state index contributed by atoms with van der Waals surface area (Å²) < 4.78 is 0. The van der Waals surface area contributed by atoms with Crippen molar-refractivity contribution in [2.45, 2.75) is 19.3 Å². The average Bonchev–Trinajstić information content (AvgIpc) is 3.03. The van der Waals surface area contributed by atoms with Crippen LogP contribution in [0.1, 0.15) is 19.3 Å². The van der Waals surface area contributed by atoms with Crippen LogP contribution in [0.4, 0.5) is 5.82 Å². The van der Waals surface area contributed by atoms with Crippen LogP contribution < -0.4 is 10.6 Å². The van der Waals surface area contributed by atoms with Crippen molar-refractivity contribution in [2.75, 3.05) is 18.4 Å². The van der Waals surface area contributed by atoms with Crippen molar-refractivity contribution in [3.05, 3.63) is 34.3 Å². The molecule has 2 aliphatic rings. The van der Waals surface area contributed by atoms with Crippen LogP contribution in [0.2, 0.25) is 10.0 Å². The zero-order valence-corrected chi connectivity index (χ0v) is 15.8. The molecule has 134 valence electrons. The molecule has 2 fully saturated rings. The van der Waals surface area contributed by atoms with E-state index in [9.17, 15) is 4.79 Å². The zero-order valence-electron chi connectivity index (χ0n) is 13.4. The number of piperidine rings is 1. The summed E-state index contributed by atoms with van der Waals surface area (Å²) in [4.78, 5) is 12.5. The van der Waals surface area contributed by atoms with E-state index in [0.29, 0.717) is 15.9 Å². The largest absolute Gasteiger partial charge is 0.317 e. The highest BCUT2D eigenvalue weighted by molar-refractivity contribution is 6.35. The summed E-state index contributed by atoms with van der Waals surface area (Å²) in [6, 6.07) is 7.09.